The molecule has 2 heterocycles. The lowest BCUT2D eigenvalue weighted by Crippen LogP contribution is -2.51. The van der Waals surface area contributed by atoms with E-state index in [1.165, 1.54) is 0 Å². The third kappa shape index (κ3) is 4.14. The smallest absolute Gasteiger partial charge is 0.378 e. The Bertz CT molecular complexity index is 486. The molecule has 118 valence electrons. The Morgan fingerprint density at radius 3 is 2.95 bits per heavy atom. The van der Waals surface area contributed by atoms with Crippen molar-refractivity contribution in [2.24, 2.45) is 0 Å². The van der Waals surface area contributed by atoms with Gasteiger partial charge in [0.25, 0.3) is 0 Å². The van der Waals surface area contributed by atoms with Crippen LogP contribution in [0.3, 0.4) is 0 Å². The van der Waals surface area contributed by atoms with E-state index >= 15 is 0 Å². The number of carbonyl (C=O) groups excluding carboxylic acids is 1. The maximum atomic E-state index is 12.6. The average Bonchev–Trinajstić information content (AvgIpc) is 2.95. The van der Waals surface area contributed by atoms with Crippen LogP contribution in [-0.2, 0) is 15.7 Å². The van der Waals surface area contributed by atoms with Gasteiger partial charge in [-0.05, 0) is 6.42 Å². The number of nitrogens with one attached hydrogen (secondary N) is 2. The number of hydrogen-bond donors (Lipinski definition) is 2. The molecule has 0 aliphatic carbocycles. The van der Waals surface area contributed by atoms with E-state index in [-0.39, 0.29) is 17.5 Å². The van der Waals surface area contributed by atoms with E-state index in [2.05, 4.69) is 15.6 Å². The van der Waals surface area contributed by atoms with E-state index in [4.69, 9.17) is 4.74 Å². The predicted molar refractivity (Wildman–Crippen MR) is 70.9 cm³/mol. The van der Waals surface area contributed by atoms with E-state index in [9.17, 15) is 18.0 Å². The lowest BCUT2D eigenvalue weighted by molar-refractivity contribution is -0.140. The van der Waals surface area contributed by atoms with Gasteiger partial charge in [0.1, 0.15) is 11.0 Å². The van der Waals surface area contributed by atoms with E-state index in [1.807, 2.05) is 0 Å². The number of alkyl halides is 3. The van der Waals surface area contributed by atoms with Crippen LogP contribution in [0.15, 0.2) is 5.38 Å². The summed E-state index contributed by atoms with van der Waals surface area (Å²) in [6, 6.07) is -1.00. The summed E-state index contributed by atoms with van der Waals surface area (Å²) in [5.74, 6) is -0.287. The van der Waals surface area contributed by atoms with Crippen LogP contribution in [0.1, 0.15) is 30.1 Å². The molecular weight excluding hydrogens is 307 g/mol. The quantitative estimate of drug-likeness (QED) is 0.886. The molecule has 2 N–H and O–H groups in total. The number of ether oxygens (including phenoxy) is 1. The van der Waals surface area contributed by atoms with Crippen molar-refractivity contribution in [3.63, 3.8) is 0 Å². The van der Waals surface area contributed by atoms with Gasteiger partial charge < -0.3 is 15.4 Å². The second-order valence-electron chi connectivity index (χ2n) is 4.62. The standard InChI is InChI=1S/C12H16F3N3O2S/c1-2-7(11-18-9(6-21-11)12(13,14)15)17-10(19)8-5-20-4-3-16-8/h6-8,16H,2-5H2,1H3,(H,17,19). The monoisotopic (exact) mass is 323 g/mol. The van der Waals surface area contributed by atoms with Crippen molar-refractivity contribution >= 4 is 17.2 Å². The lowest BCUT2D eigenvalue weighted by Gasteiger charge is -2.25. The molecule has 1 fully saturated rings. The summed E-state index contributed by atoms with van der Waals surface area (Å²) in [7, 11) is 0. The van der Waals surface area contributed by atoms with Gasteiger partial charge in [0.05, 0.1) is 19.3 Å². The van der Waals surface area contributed by atoms with Crippen molar-refractivity contribution < 1.29 is 22.7 Å². The van der Waals surface area contributed by atoms with Crippen LogP contribution in [0.5, 0.6) is 0 Å². The topological polar surface area (TPSA) is 63.2 Å². The molecule has 1 aromatic heterocycles. The SMILES string of the molecule is CCC(NC(=O)C1COCCN1)c1nc(C(F)(F)F)cs1. The molecule has 1 amide bonds. The number of rotatable bonds is 4. The zero-order chi connectivity index (χ0) is 15.5. The molecule has 0 spiro atoms. The summed E-state index contributed by atoms with van der Waals surface area (Å²) in [6.07, 6.45) is -4.00. The van der Waals surface area contributed by atoms with Crippen molar-refractivity contribution in [2.75, 3.05) is 19.8 Å². The maximum Gasteiger partial charge on any atom is 0.434 e. The summed E-state index contributed by atoms with van der Waals surface area (Å²) in [5.41, 5.74) is -0.922. The summed E-state index contributed by atoms with van der Waals surface area (Å²) >= 11 is 0.900. The fraction of sp³-hybridized carbons (Fsp3) is 0.667. The van der Waals surface area contributed by atoms with Gasteiger partial charge in [-0.15, -0.1) is 11.3 Å². The van der Waals surface area contributed by atoms with E-state index < -0.39 is 24.0 Å². The number of thiazole rings is 1. The highest BCUT2D eigenvalue weighted by molar-refractivity contribution is 7.09. The number of amides is 1. The Hall–Kier alpha value is -1.19. The van der Waals surface area contributed by atoms with Gasteiger partial charge in [-0.3, -0.25) is 4.79 Å². The van der Waals surface area contributed by atoms with E-state index in [1.54, 1.807) is 6.92 Å². The number of morpholine rings is 1. The Kier molecular flexibility index (Phi) is 5.17. The molecule has 2 rings (SSSR count). The highest BCUT2D eigenvalue weighted by atomic mass is 32.1. The first-order chi connectivity index (χ1) is 9.91. The number of halogens is 3. The van der Waals surface area contributed by atoms with Crippen molar-refractivity contribution in [1.29, 1.82) is 0 Å². The van der Waals surface area contributed by atoms with Gasteiger partial charge in [-0.2, -0.15) is 13.2 Å². The summed E-state index contributed by atoms with van der Waals surface area (Å²) < 4.78 is 42.8. The number of carbonyl (C=O) groups is 1. The molecule has 0 bridgehead atoms. The molecule has 1 saturated heterocycles. The highest BCUT2D eigenvalue weighted by Crippen LogP contribution is 2.32. The van der Waals surface area contributed by atoms with Gasteiger partial charge in [0.2, 0.25) is 5.91 Å². The van der Waals surface area contributed by atoms with Gasteiger partial charge >= 0.3 is 6.18 Å². The molecule has 2 unspecified atom stereocenters. The molecule has 0 saturated carbocycles. The first-order valence-corrected chi connectivity index (χ1v) is 7.44. The van der Waals surface area contributed by atoms with Gasteiger partial charge in [-0.1, -0.05) is 6.92 Å². The molecule has 2 atom stereocenters. The van der Waals surface area contributed by atoms with Gasteiger partial charge in [-0.25, -0.2) is 4.98 Å². The van der Waals surface area contributed by atoms with Crippen molar-refractivity contribution in [2.45, 2.75) is 31.6 Å². The van der Waals surface area contributed by atoms with Crippen LogP contribution in [0.4, 0.5) is 13.2 Å². The Morgan fingerprint density at radius 2 is 2.43 bits per heavy atom. The third-order valence-corrected chi connectivity index (χ3v) is 4.03. The van der Waals surface area contributed by atoms with Crippen molar-refractivity contribution in [3.8, 4) is 0 Å². The minimum atomic E-state index is -4.46. The maximum absolute atomic E-state index is 12.6. The van der Waals surface area contributed by atoms with E-state index in [0.29, 0.717) is 19.6 Å². The fourth-order valence-electron chi connectivity index (χ4n) is 1.92. The van der Waals surface area contributed by atoms with Crippen molar-refractivity contribution in [3.05, 3.63) is 16.1 Å². The van der Waals surface area contributed by atoms with Crippen LogP contribution in [-0.4, -0.2) is 36.7 Å². The molecular formula is C12H16F3N3O2S. The molecule has 0 radical (unpaired) electrons. The van der Waals surface area contributed by atoms with Gasteiger partial charge in [0.15, 0.2) is 5.69 Å². The first kappa shape index (κ1) is 16.2. The molecule has 21 heavy (non-hydrogen) atoms. The minimum absolute atomic E-state index is 0.258. The van der Waals surface area contributed by atoms with Crippen LogP contribution < -0.4 is 10.6 Å². The van der Waals surface area contributed by atoms with Crippen LogP contribution in [0.25, 0.3) is 0 Å². The molecule has 5 nitrogen and oxygen atoms in total. The molecule has 1 aliphatic rings. The number of aromatic nitrogens is 1. The average molecular weight is 323 g/mol. The summed E-state index contributed by atoms with van der Waals surface area (Å²) in [6.45, 7) is 3.16. The molecule has 1 aromatic rings. The zero-order valence-electron chi connectivity index (χ0n) is 11.4. The molecule has 1 aliphatic heterocycles. The largest absolute Gasteiger partial charge is 0.434 e. The fourth-order valence-corrected chi connectivity index (χ4v) is 2.88. The minimum Gasteiger partial charge on any atom is -0.378 e. The molecule has 9 heteroatoms. The number of nitrogens with zero attached hydrogens (tertiary/aromatic N) is 1. The Balaban J connectivity index is 2.02. The Morgan fingerprint density at radius 1 is 1.67 bits per heavy atom. The summed E-state index contributed by atoms with van der Waals surface area (Å²) in [4.78, 5) is 15.6. The second-order valence-corrected chi connectivity index (χ2v) is 5.51. The van der Waals surface area contributed by atoms with Gasteiger partial charge in [0, 0.05) is 11.9 Å². The van der Waals surface area contributed by atoms with E-state index in [0.717, 1.165) is 16.7 Å². The number of hydrogen-bond acceptors (Lipinski definition) is 5. The summed E-state index contributed by atoms with van der Waals surface area (Å²) in [5, 5.41) is 6.94. The first-order valence-electron chi connectivity index (χ1n) is 6.56. The van der Waals surface area contributed by atoms with Crippen LogP contribution in [0.2, 0.25) is 0 Å². The lowest BCUT2D eigenvalue weighted by atomic mass is 10.2. The molecule has 0 aromatic carbocycles. The zero-order valence-corrected chi connectivity index (χ0v) is 12.2. The second kappa shape index (κ2) is 6.71. The normalized spacial score (nSPS) is 21.0. The third-order valence-electron chi connectivity index (χ3n) is 3.07. The predicted octanol–water partition coefficient (Wildman–Crippen LogP) is 1.72. The highest BCUT2D eigenvalue weighted by Gasteiger charge is 2.34. The Labute approximate surface area is 123 Å². The van der Waals surface area contributed by atoms with Crippen LogP contribution >= 0.6 is 11.3 Å². The van der Waals surface area contributed by atoms with Crippen LogP contribution in [0, 0.1) is 0 Å². The van der Waals surface area contributed by atoms with Crippen molar-refractivity contribution in [1.82, 2.24) is 15.6 Å².